The average molecular weight is 423 g/mol. The molecule has 2 heterocycles. The minimum Gasteiger partial charge on any atom is -0.369 e. The number of halogens is 2. The number of nitrogens with two attached hydrogens (primary N) is 1. The van der Waals surface area contributed by atoms with Gasteiger partial charge in [-0.05, 0) is 43.0 Å². The predicted octanol–water partition coefficient (Wildman–Crippen LogP) is 3.50. The lowest BCUT2D eigenvalue weighted by Gasteiger charge is -2.43. The van der Waals surface area contributed by atoms with Gasteiger partial charge in [-0.1, -0.05) is 24.3 Å². The standard InChI is InChI=1S/C23H23F2N5O/c1-14-18(16-6-4-15(5-7-16)9-20(26)31)12-28-22(30-14)29-13-23(10-17(24)11-23)21-19(25)3-2-8-27-21/h2-8,12,17H,9-11,13H2,1H3,(H2,26,31)(H,28,29,30)/t17-,23-. The number of aryl methyl sites for hydroxylation is 1. The fourth-order valence-electron chi connectivity index (χ4n) is 4.07. The van der Waals surface area contributed by atoms with Crippen LogP contribution >= 0.6 is 0 Å². The molecule has 1 fully saturated rings. The number of pyridine rings is 1. The van der Waals surface area contributed by atoms with E-state index in [1.54, 1.807) is 6.20 Å². The number of hydrogen-bond donors (Lipinski definition) is 2. The van der Waals surface area contributed by atoms with Gasteiger partial charge in [0.25, 0.3) is 0 Å². The third kappa shape index (κ3) is 4.38. The van der Waals surface area contributed by atoms with Crippen LogP contribution in [0, 0.1) is 12.7 Å². The number of primary amides is 1. The van der Waals surface area contributed by atoms with Gasteiger partial charge in [-0.2, -0.15) is 0 Å². The van der Waals surface area contributed by atoms with Crippen molar-refractivity contribution in [2.45, 2.75) is 37.8 Å². The molecule has 0 atom stereocenters. The van der Waals surface area contributed by atoms with E-state index in [4.69, 9.17) is 5.73 Å². The normalized spacial score (nSPS) is 20.2. The Morgan fingerprint density at radius 3 is 2.58 bits per heavy atom. The Bertz CT molecular complexity index is 1100. The van der Waals surface area contributed by atoms with E-state index in [0.717, 1.165) is 22.4 Å². The van der Waals surface area contributed by atoms with E-state index in [0.29, 0.717) is 12.5 Å². The van der Waals surface area contributed by atoms with Crippen molar-refractivity contribution in [1.29, 1.82) is 0 Å². The van der Waals surface area contributed by atoms with Crippen LogP contribution in [0.15, 0.2) is 48.8 Å². The molecular formula is C23H23F2N5O. The van der Waals surface area contributed by atoms with Gasteiger partial charge >= 0.3 is 0 Å². The maximum Gasteiger partial charge on any atom is 0.222 e. The summed E-state index contributed by atoms with van der Waals surface area (Å²) >= 11 is 0. The molecular weight excluding hydrogens is 400 g/mol. The minimum atomic E-state index is -0.967. The van der Waals surface area contributed by atoms with Crippen molar-refractivity contribution < 1.29 is 13.6 Å². The SMILES string of the molecule is Cc1nc(NC[C@]2(c3ncccc3F)C[C@H](F)C2)ncc1-c1ccc(CC(N)=O)cc1. The van der Waals surface area contributed by atoms with E-state index in [9.17, 15) is 13.6 Å². The van der Waals surface area contributed by atoms with Gasteiger partial charge in [0.15, 0.2) is 0 Å². The second-order valence-corrected chi connectivity index (χ2v) is 8.01. The number of anilines is 1. The molecule has 1 amide bonds. The number of benzene rings is 1. The molecule has 1 saturated carbocycles. The first-order valence-electron chi connectivity index (χ1n) is 10.1. The molecule has 6 nitrogen and oxygen atoms in total. The van der Waals surface area contributed by atoms with E-state index in [2.05, 4.69) is 20.3 Å². The van der Waals surface area contributed by atoms with Crippen molar-refractivity contribution in [3.8, 4) is 11.1 Å². The van der Waals surface area contributed by atoms with E-state index in [-0.39, 0.29) is 30.9 Å². The summed E-state index contributed by atoms with van der Waals surface area (Å²) in [5.41, 5.74) is 8.17. The van der Waals surface area contributed by atoms with Crippen LogP contribution < -0.4 is 11.1 Å². The third-order valence-corrected chi connectivity index (χ3v) is 5.69. The molecule has 1 aromatic carbocycles. The van der Waals surface area contributed by atoms with Gasteiger partial charge in [-0.25, -0.2) is 18.7 Å². The molecule has 0 spiro atoms. The number of aromatic nitrogens is 3. The number of alkyl halides is 1. The highest BCUT2D eigenvalue weighted by molar-refractivity contribution is 5.77. The van der Waals surface area contributed by atoms with E-state index in [1.165, 1.54) is 18.3 Å². The van der Waals surface area contributed by atoms with Crippen molar-refractivity contribution in [3.63, 3.8) is 0 Å². The number of amides is 1. The Hall–Kier alpha value is -3.42. The van der Waals surface area contributed by atoms with Crippen LogP contribution in [0.5, 0.6) is 0 Å². The van der Waals surface area contributed by atoms with E-state index >= 15 is 0 Å². The number of hydrogen-bond acceptors (Lipinski definition) is 5. The topological polar surface area (TPSA) is 93.8 Å². The molecule has 4 rings (SSSR count). The van der Waals surface area contributed by atoms with Crippen LogP contribution in [-0.4, -0.2) is 33.6 Å². The number of rotatable bonds is 7. The lowest BCUT2D eigenvalue weighted by atomic mass is 9.65. The number of nitrogens with zero attached hydrogens (tertiary/aromatic N) is 3. The molecule has 2 aromatic heterocycles. The second kappa shape index (κ2) is 8.37. The lowest BCUT2D eigenvalue weighted by molar-refractivity contribution is -0.117. The molecule has 0 bridgehead atoms. The van der Waals surface area contributed by atoms with Gasteiger partial charge < -0.3 is 11.1 Å². The second-order valence-electron chi connectivity index (χ2n) is 8.01. The summed E-state index contributed by atoms with van der Waals surface area (Å²) in [7, 11) is 0. The van der Waals surface area contributed by atoms with Gasteiger partial charge in [0.2, 0.25) is 11.9 Å². The fraction of sp³-hybridized carbons (Fsp3) is 0.304. The zero-order valence-corrected chi connectivity index (χ0v) is 17.1. The predicted molar refractivity (Wildman–Crippen MR) is 114 cm³/mol. The number of carbonyl (C=O) groups is 1. The molecule has 0 aliphatic heterocycles. The molecule has 0 saturated heterocycles. The first kappa shape index (κ1) is 20.8. The third-order valence-electron chi connectivity index (χ3n) is 5.69. The highest BCUT2D eigenvalue weighted by atomic mass is 19.1. The van der Waals surface area contributed by atoms with Gasteiger partial charge in [0, 0.05) is 29.9 Å². The highest BCUT2D eigenvalue weighted by Crippen LogP contribution is 2.45. The Labute approximate surface area is 179 Å². The van der Waals surface area contributed by atoms with Crippen LogP contribution in [0.1, 0.15) is 29.8 Å². The minimum absolute atomic E-state index is 0.191. The first-order valence-corrected chi connectivity index (χ1v) is 10.1. The monoisotopic (exact) mass is 423 g/mol. The summed E-state index contributed by atoms with van der Waals surface area (Å²) < 4.78 is 28.0. The molecule has 1 aliphatic rings. The molecule has 8 heteroatoms. The molecule has 0 radical (unpaired) electrons. The first-order chi connectivity index (χ1) is 14.9. The molecule has 3 aromatic rings. The van der Waals surface area contributed by atoms with Gasteiger partial charge in [-0.3, -0.25) is 9.78 Å². The summed E-state index contributed by atoms with van der Waals surface area (Å²) in [5, 5.41) is 3.14. The van der Waals surface area contributed by atoms with Crippen molar-refractivity contribution >= 4 is 11.9 Å². The Morgan fingerprint density at radius 1 is 1.23 bits per heavy atom. The molecule has 3 N–H and O–H groups in total. The lowest BCUT2D eigenvalue weighted by Crippen LogP contribution is -2.49. The van der Waals surface area contributed by atoms with Crippen LogP contribution in [0.2, 0.25) is 0 Å². The van der Waals surface area contributed by atoms with E-state index < -0.39 is 17.4 Å². The van der Waals surface area contributed by atoms with Crippen molar-refractivity contribution in [1.82, 2.24) is 15.0 Å². The molecule has 160 valence electrons. The Balaban J connectivity index is 1.49. The summed E-state index contributed by atoms with van der Waals surface area (Å²) in [5.74, 6) is -0.412. The maximum absolute atomic E-state index is 14.3. The molecule has 31 heavy (non-hydrogen) atoms. The van der Waals surface area contributed by atoms with Crippen molar-refractivity contribution in [2.75, 3.05) is 11.9 Å². The number of carbonyl (C=O) groups excluding carboxylic acids is 1. The van der Waals surface area contributed by atoms with Gasteiger partial charge in [-0.15, -0.1) is 0 Å². The Morgan fingerprint density at radius 2 is 1.97 bits per heavy atom. The van der Waals surface area contributed by atoms with Crippen LogP contribution in [-0.2, 0) is 16.6 Å². The average Bonchev–Trinajstić information content (AvgIpc) is 2.71. The van der Waals surface area contributed by atoms with Crippen LogP contribution in [0.3, 0.4) is 0 Å². The van der Waals surface area contributed by atoms with Gasteiger partial charge in [0.1, 0.15) is 12.0 Å². The van der Waals surface area contributed by atoms with Gasteiger partial charge in [0.05, 0.1) is 17.8 Å². The van der Waals surface area contributed by atoms with Crippen LogP contribution in [0.25, 0.3) is 11.1 Å². The fourth-order valence-corrected chi connectivity index (χ4v) is 4.07. The van der Waals surface area contributed by atoms with Crippen molar-refractivity contribution in [3.05, 3.63) is 71.6 Å². The van der Waals surface area contributed by atoms with E-state index in [1.807, 2.05) is 31.2 Å². The molecule has 0 unspecified atom stereocenters. The molecule has 1 aliphatic carbocycles. The number of nitrogens with one attached hydrogen (secondary N) is 1. The quantitative estimate of drug-likeness (QED) is 0.607. The van der Waals surface area contributed by atoms with Crippen molar-refractivity contribution in [2.24, 2.45) is 5.73 Å². The zero-order valence-electron chi connectivity index (χ0n) is 17.1. The van der Waals surface area contributed by atoms with Crippen LogP contribution in [0.4, 0.5) is 14.7 Å². The Kier molecular flexibility index (Phi) is 5.63. The maximum atomic E-state index is 14.3. The summed E-state index contributed by atoms with van der Waals surface area (Å²) in [6, 6.07) is 10.4. The highest BCUT2D eigenvalue weighted by Gasteiger charge is 2.48. The summed E-state index contributed by atoms with van der Waals surface area (Å²) in [6.07, 6.45) is 2.88. The smallest absolute Gasteiger partial charge is 0.222 e. The summed E-state index contributed by atoms with van der Waals surface area (Å²) in [4.78, 5) is 24.1. The zero-order chi connectivity index (χ0) is 22.0. The summed E-state index contributed by atoms with van der Waals surface area (Å²) in [6.45, 7) is 2.16. The largest absolute Gasteiger partial charge is 0.369 e.